The van der Waals surface area contributed by atoms with Crippen molar-refractivity contribution in [1.29, 1.82) is 0 Å². The third-order valence-electron chi connectivity index (χ3n) is 5.22. The molecule has 0 saturated heterocycles. The van der Waals surface area contributed by atoms with Crippen LogP contribution in [0.3, 0.4) is 0 Å². The topological polar surface area (TPSA) is 112 Å². The van der Waals surface area contributed by atoms with Gasteiger partial charge in [-0.2, -0.15) is 8.78 Å². The van der Waals surface area contributed by atoms with Gasteiger partial charge in [-0.3, -0.25) is 4.79 Å². The van der Waals surface area contributed by atoms with Crippen LogP contribution in [-0.4, -0.2) is 45.2 Å². The number of nitrogens with zero attached hydrogens (tertiary/aromatic N) is 3. The van der Waals surface area contributed by atoms with Gasteiger partial charge in [-0.05, 0) is 24.1 Å². The van der Waals surface area contributed by atoms with Crippen LogP contribution in [0.1, 0.15) is 47.5 Å². The molecule has 2 aliphatic rings. The number of carbonyl (C=O) groups is 2. The molecule has 2 atom stereocenters. The molecular formula is C18H16F4N4O4. The van der Waals surface area contributed by atoms with E-state index in [-0.39, 0.29) is 30.0 Å². The molecule has 0 bridgehead atoms. The molecule has 2 heterocycles. The standard InChI is InChI=1S/C18H16F4N4O4/c19-13(20)15-25-24-14(30-15)8-1-2-9-7-26(16(27)10(9)5-8)11-3-4-18(21,22)6-12(11)29-17(23)28/h1-2,5,11-13H,3-4,6-7H2,(H2,23,28)/t11-,12-/m1/s1. The van der Waals surface area contributed by atoms with Gasteiger partial charge in [0.15, 0.2) is 0 Å². The minimum Gasteiger partial charge on any atom is -0.444 e. The Hall–Kier alpha value is -3.18. The van der Waals surface area contributed by atoms with Crippen LogP contribution in [-0.2, 0) is 11.3 Å². The van der Waals surface area contributed by atoms with Crippen LogP contribution in [0.5, 0.6) is 0 Å². The summed E-state index contributed by atoms with van der Waals surface area (Å²) in [5.41, 5.74) is 6.13. The lowest BCUT2D eigenvalue weighted by atomic mass is 9.88. The molecular weight excluding hydrogens is 412 g/mol. The SMILES string of the molecule is NC(=O)O[C@@H]1CC(F)(F)CC[C@H]1N1Cc2ccc(-c3nnc(C(F)F)o3)cc2C1=O. The molecule has 1 aliphatic heterocycles. The molecule has 2 amide bonds. The highest BCUT2D eigenvalue weighted by Crippen LogP contribution is 2.40. The Morgan fingerprint density at radius 2 is 2.10 bits per heavy atom. The second kappa shape index (κ2) is 7.26. The molecule has 1 fully saturated rings. The number of benzene rings is 1. The summed E-state index contributed by atoms with van der Waals surface area (Å²) in [6, 6.07) is 3.78. The van der Waals surface area contributed by atoms with Crippen molar-refractivity contribution in [2.75, 3.05) is 0 Å². The highest BCUT2D eigenvalue weighted by molar-refractivity contribution is 5.99. The van der Waals surface area contributed by atoms with Gasteiger partial charge in [0.25, 0.3) is 17.7 Å². The largest absolute Gasteiger partial charge is 0.444 e. The number of amides is 2. The summed E-state index contributed by atoms with van der Waals surface area (Å²) in [5.74, 6) is -4.51. The van der Waals surface area contributed by atoms with E-state index in [0.717, 1.165) is 0 Å². The molecule has 12 heteroatoms. The lowest BCUT2D eigenvalue weighted by molar-refractivity contribution is -0.103. The third kappa shape index (κ3) is 3.68. The number of ether oxygens (including phenoxy) is 1. The van der Waals surface area contributed by atoms with Gasteiger partial charge in [-0.25, -0.2) is 13.6 Å². The Morgan fingerprint density at radius 3 is 2.77 bits per heavy atom. The fraction of sp³-hybridized carbons (Fsp3) is 0.444. The van der Waals surface area contributed by atoms with Crippen molar-refractivity contribution in [1.82, 2.24) is 15.1 Å². The number of primary amides is 1. The highest BCUT2D eigenvalue weighted by Gasteiger charge is 2.48. The Balaban J connectivity index is 1.59. The van der Waals surface area contributed by atoms with Crippen LogP contribution in [0.15, 0.2) is 22.6 Å². The number of nitrogens with two attached hydrogens (primary N) is 1. The predicted octanol–water partition coefficient (Wildman–Crippen LogP) is 3.28. The first-order valence-electron chi connectivity index (χ1n) is 9.04. The Kier molecular flexibility index (Phi) is 4.86. The second-order valence-electron chi connectivity index (χ2n) is 7.19. The maximum absolute atomic E-state index is 13.8. The van der Waals surface area contributed by atoms with E-state index >= 15 is 0 Å². The van der Waals surface area contributed by atoms with Crippen molar-refractivity contribution in [2.24, 2.45) is 5.73 Å². The summed E-state index contributed by atoms with van der Waals surface area (Å²) in [5, 5.41) is 6.80. The van der Waals surface area contributed by atoms with E-state index < -0.39 is 55.2 Å². The van der Waals surface area contributed by atoms with Gasteiger partial charge in [0.2, 0.25) is 5.89 Å². The van der Waals surface area contributed by atoms with E-state index in [4.69, 9.17) is 14.9 Å². The zero-order valence-electron chi connectivity index (χ0n) is 15.4. The van der Waals surface area contributed by atoms with Gasteiger partial charge in [-0.1, -0.05) is 6.07 Å². The Labute approximate surface area is 167 Å². The average molecular weight is 428 g/mol. The number of carbonyl (C=O) groups excluding carboxylic acids is 2. The molecule has 8 nitrogen and oxygen atoms in total. The van der Waals surface area contributed by atoms with Crippen LogP contribution >= 0.6 is 0 Å². The van der Waals surface area contributed by atoms with Crippen molar-refractivity contribution in [3.63, 3.8) is 0 Å². The highest BCUT2D eigenvalue weighted by atomic mass is 19.3. The maximum atomic E-state index is 13.8. The van der Waals surface area contributed by atoms with Crippen molar-refractivity contribution in [2.45, 2.75) is 50.3 Å². The number of alkyl halides is 4. The van der Waals surface area contributed by atoms with Crippen LogP contribution in [0.25, 0.3) is 11.5 Å². The van der Waals surface area contributed by atoms with Gasteiger partial charge in [0.1, 0.15) is 6.10 Å². The van der Waals surface area contributed by atoms with E-state index in [1.807, 2.05) is 0 Å². The first-order valence-corrected chi connectivity index (χ1v) is 9.04. The van der Waals surface area contributed by atoms with Gasteiger partial charge in [0.05, 0.1) is 12.5 Å². The Morgan fingerprint density at radius 1 is 1.33 bits per heavy atom. The normalized spacial score (nSPS) is 23.0. The summed E-state index contributed by atoms with van der Waals surface area (Å²) in [4.78, 5) is 25.5. The lowest BCUT2D eigenvalue weighted by Gasteiger charge is -2.39. The van der Waals surface area contributed by atoms with E-state index in [9.17, 15) is 27.2 Å². The minimum atomic E-state index is -3.03. The summed E-state index contributed by atoms with van der Waals surface area (Å²) in [7, 11) is 0. The van der Waals surface area contributed by atoms with Crippen molar-refractivity contribution in [3.8, 4) is 11.5 Å². The van der Waals surface area contributed by atoms with Gasteiger partial charge in [-0.15, -0.1) is 10.2 Å². The molecule has 0 spiro atoms. The van der Waals surface area contributed by atoms with E-state index in [1.54, 1.807) is 6.07 Å². The number of hydrogen-bond donors (Lipinski definition) is 1. The molecule has 2 N–H and O–H groups in total. The maximum Gasteiger partial charge on any atom is 0.404 e. The number of hydrogen-bond acceptors (Lipinski definition) is 6. The molecule has 1 aromatic carbocycles. The minimum absolute atomic E-state index is 0.0705. The fourth-order valence-electron chi connectivity index (χ4n) is 3.87. The van der Waals surface area contributed by atoms with Crippen molar-refractivity contribution in [3.05, 3.63) is 35.2 Å². The molecule has 2 aromatic rings. The first kappa shape index (κ1) is 20.1. The quantitative estimate of drug-likeness (QED) is 0.748. The first-order chi connectivity index (χ1) is 14.1. The summed E-state index contributed by atoms with van der Waals surface area (Å²) >= 11 is 0. The third-order valence-corrected chi connectivity index (χ3v) is 5.22. The number of fused-ring (bicyclic) bond motifs is 1. The number of aromatic nitrogens is 2. The van der Waals surface area contributed by atoms with Crippen molar-refractivity contribution >= 4 is 12.0 Å². The predicted molar refractivity (Wildman–Crippen MR) is 91.6 cm³/mol. The molecule has 30 heavy (non-hydrogen) atoms. The fourth-order valence-corrected chi connectivity index (χ4v) is 3.87. The molecule has 160 valence electrons. The monoisotopic (exact) mass is 428 g/mol. The summed E-state index contributed by atoms with van der Waals surface area (Å²) in [6.07, 6.45) is -6.62. The second-order valence-corrected chi connectivity index (χ2v) is 7.19. The van der Waals surface area contributed by atoms with E-state index in [1.165, 1.54) is 17.0 Å². The Bertz CT molecular complexity index is 996. The molecule has 1 aromatic heterocycles. The number of halogens is 4. The number of rotatable bonds is 4. The van der Waals surface area contributed by atoms with Crippen LogP contribution in [0, 0.1) is 0 Å². The summed E-state index contributed by atoms with van der Waals surface area (Å²) < 4.78 is 62.7. The smallest absolute Gasteiger partial charge is 0.404 e. The van der Waals surface area contributed by atoms with E-state index in [2.05, 4.69) is 10.2 Å². The van der Waals surface area contributed by atoms with E-state index in [0.29, 0.717) is 5.56 Å². The van der Waals surface area contributed by atoms with Gasteiger partial charge < -0.3 is 19.8 Å². The van der Waals surface area contributed by atoms with Crippen molar-refractivity contribution < 1.29 is 36.3 Å². The molecule has 1 aliphatic carbocycles. The average Bonchev–Trinajstić information content (AvgIpc) is 3.26. The molecule has 0 unspecified atom stereocenters. The zero-order chi connectivity index (χ0) is 21.6. The lowest BCUT2D eigenvalue weighted by Crippen LogP contribution is -2.52. The van der Waals surface area contributed by atoms with Crippen LogP contribution in [0.4, 0.5) is 22.4 Å². The van der Waals surface area contributed by atoms with Gasteiger partial charge >= 0.3 is 12.5 Å². The molecule has 4 rings (SSSR count). The molecule has 1 saturated carbocycles. The zero-order valence-corrected chi connectivity index (χ0v) is 15.4. The van der Waals surface area contributed by atoms with Gasteiger partial charge in [0, 0.05) is 24.1 Å². The van der Waals surface area contributed by atoms with Crippen LogP contribution in [0.2, 0.25) is 0 Å². The summed E-state index contributed by atoms with van der Waals surface area (Å²) in [6.45, 7) is 0.120. The molecule has 0 radical (unpaired) electrons. The van der Waals surface area contributed by atoms with Crippen LogP contribution < -0.4 is 5.73 Å².